The number of rotatable bonds is 4. The highest BCUT2D eigenvalue weighted by molar-refractivity contribution is 9.09. The van der Waals surface area contributed by atoms with Gasteiger partial charge in [0.15, 0.2) is 9.84 Å². The van der Waals surface area contributed by atoms with Crippen LogP contribution in [0.2, 0.25) is 0 Å². The monoisotopic (exact) mass is 284 g/mol. The van der Waals surface area contributed by atoms with Crippen molar-refractivity contribution in [2.45, 2.75) is 39.9 Å². The summed E-state index contributed by atoms with van der Waals surface area (Å²) < 4.78 is 23.5. The molecule has 0 aliphatic heterocycles. The standard InChI is InChI=1S/C10H21BrO2S/c1-8(2)14(12,13)7-9(6-11)10(3,4)5/h8-9H,6-7H2,1-5H3. The summed E-state index contributed by atoms with van der Waals surface area (Å²) in [5.74, 6) is 0.453. The Labute approximate surface area is 96.5 Å². The lowest BCUT2D eigenvalue weighted by Gasteiger charge is -2.29. The van der Waals surface area contributed by atoms with Crippen LogP contribution in [0.4, 0.5) is 0 Å². The fourth-order valence-electron chi connectivity index (χ4n) is 0.999. The summed E-state index contributed by atoms with van der Waals surface area (Å²) in [4.78, 5) is 0. The topological polar surface area (TPSA) is 34.1 Å². The Morgan fingerprint density at radius 1 is 1.21 bits per heavy atom. The summed E-state index contributed by atoms with van der Waals surface area (Å²) in [5, 5.41) is 0.467. The van der Waals surface area contributed by atoms with Crippen LogP contribution in [0.1, 0.15) is 34.6 Å². The first-order chi connectivity index (χ1) is 6.11. The normalized spacial score (nSPS) is 15.9. The molecule has 0 aliphatic rings. The van der Waals surface area contributed by atoms with E-state index in [1.807, 2.05) is 0 Å². The SMILES string of the molecule is CC(C)S(=O)(=O)CC(CBr)C(C)(C)C. The molecule has 2 nitrogen and oxygen atoms in total. The third kappa shape index (κ3) is 4.30. The zero-order valence-electron chi connectivity index (χ0n) is 9.67. The largest absolute Gasteiger partial charge is 0.229 e. The minimum absolute atomic E-state index is 0.0332. The van der Waals surface area contributed by atoms with Gasteiger partial charge in [0.2, 0.25) is 0 Å². The van der Waals surface area contributed by atoms with Gasteiger partial charge in [-0.2, -0.15) is 0 Å². The van der Waals surface area contributed by atoms with Gasteiger partial charge in [0.1, 0.15) is 0 Å². The van der Waals surface area contributed by atoms with Gasteiger partial charge in [0.05, 0.1) is 11.0 Å². The van der Waals surface area contributed by atoms with Gasteiger partial charge in [-0.25, -0.2) is 8.42 Å². The van der Waals surface area contributed by atoms with Gasteiger partial charge in [0, 0.05) is 5.33 Å². The van der Waals surface area contributed by atoms with Crippen LogP contribution in [0.25, 0.3) is 0 Å². The fourth-order valence-corrected chi connectivity index (χ4v) is 4.07. The van der Waals surface area contributed by atoms with E-state index in [4.69, 9.17) is 0 Å². The van der Waals surface area contributed by atoms with E-state index in [2.05, 4.69) is 36.7 Å². The van der Waals surface area contributed by atoms with E-state index in [9.17, 15) is 8.42 Å². The second-order valence-electron chi connectivity index (χ2n) is 5.10. The zero-order valence-corrected chi connectivity index (χ0v) is 12.1. The number of sulfone groups is 1. The van der Waals surface area contributed by atoms with E-state index < -0.39 is 9.84 Å². The number of alkyl halides is 1. The molecule has 0 aromatic heterocycles. The third-order valence-corrected chi connectivity index (χ3v) is 5.65. The predicted octanol–water partition coefficient (Wildman–Crippen LogP) is 2.87. The quantitative estimate of drug-likeness (QED) is 0.744. The smallest absolute Gasteiger partial charge is 0.152 e. The third-order valence-electron chi connectivity index (χ3n) is 2.56. The van der Waals surface area contributed by atoms with Crippen molar-refractivity contribution in [3.8, 4) is 0 Å². The highest BCUT2D eigenvalue weighted by atomic mass is 79.9. The van der Waals surface area contributed by atoms with Gasteiger partial charge in [-0.1, -0.05) is 36.7 Å². The molecular weight excluding hydrogens is 264 g/mol. The van der Waals surface area contributed by atoms with Crippen molar-refractivity contribution >= 4 is 25.8 Å². The minimum Gasteiger partial charge on any atom is -0.229 e. The van der Waals surface area contributed by atoms with Crippen LogP contribution in [0.15, 0.2) is 0 Å². The lowest BCUT2D eigenvalue weighted by atomic mass is 9.83. The molecule has 4 heteroatoms. The van der Waals surface area contributed by atoms with Gasteiger partial charge in [0.25, 0.3) is 0 Å². The second-order valence-corrected chi connectivity index (χ2v) is 8.34. The molecule has 1 unspecified atom stereocenters. The fraction of sp³-hybridized carbons (Fsp3) is 1.00. The van der Waals surface area contributed by atoms with E-state index in [1.165, 1.54) is 0 Å². The van der Waals surface area contributed by atoms with Crippen LogP contribution in [0.5, 0.6) is 0 Å². The Morgan fingerprint density at radius 3 is 1.86 bits per heavy atom. The molecule has 1 atom stereocenters. The summed E-state index contributed by atoms with van der Waals surface area (Å²) >= 11 is 3.39. The average Bonchev–Trinajstić information content (AvgIpc) is 1.97. The van der Waals surface area contributed by atoms with Crippen molar-refractivity contribution in [3.63, 3.8) is 0 Å². The molecule has 0 aromatic rings. The van der Waals surface area contributed by atoms with E-state index in [-0.39, 0.29) is 22.3 Å². The second kappa shape index (κ2) is 4.97. The van der Waals surface area contributed by atoms with Gasteiger partial charge >= 0.3 is 0 Å². The van der Waals surface area contributed by atoms with E-state index in [0.717, 1.165) is 5.33 Å². The maximum Gasteiger partial charge on any atom is 0.152 e. The first kappa shape index (κ1) is 14.4. The van der Waals surface area contributed by atoms with E-state index in [1.54, 1.807) is 13.8 Å². The molecule has 0 rings (SSSR count). The van der Waals surface area contributed by atoms with Crippen molar-refractivity contribution in [3.05, 3.63) is 0 Å². The number of halogens is 1. The van der Waals surface area contributed by atoms with Gasteiger partial charge in [-0.3, -0.25) is 0 Å². The van der Waals surface area contributed by atoms with E-state index in [0.29, 0.717) is 0 Å². The Morgan fingerprint density at radius 2 is 1.64 bits per heavy atom. The lowest BCUT2D eigenvalue weighted by molar-refractivity contribution is 0.291. The molecule has 0 heterocycles. The highest BCUT2D eigenvalue weighted by Crippen LogP contribution is 2.29. The molecule has 0 fully saturated rings. The van der Waals surface area contributed by atoms with Crippen LogP contribution in [-0.4, -0.2) is 24.8 Å². The molecule has 0 aromatic carbocycles. The van der Waals surface area contributed by atoms with Gasteiger partial charge in [-0.05, 0) is 25.2 Å². The van der Waals surface area contributed by atoms with Gasteiger partial charge in [-0.15, -0.1) is 0 Å². The molecule has 0 saturated carbocycles. The molecule has 0 radical (unpaired) electrons. The van der Waals surface area contributed by atoms with Crippen molar-refractivity contribution in [1.29, 1.82) is 0 Å². The summed E-state index contributed by atoms with van der Waals surface area (Å²) in [6.07, 6.45) is 0. The summed E-state index contributed by atoms with van der Waals surface area (Å²) in [5.41, 5.74) is 0.0332. The van der Waals surface area contributed by atoms with Crippen LogP contribution >= 0.6 is 15.9 Å². The molecule has 0 bridgehead atoms. The lowest BCUT2D eigenvalue weighted by Crippen LogP contribution is -2.32. The van der Waals surface area contributed by atoms with Crippen LogP contribution in [0.3, 0.4) is 0 Å². The average molecular weight is 285 g/mol. The van der Waals surface area contributed by atoms with Crippen molar-refractivity contribution in [2.24, 2.45) is 11.3 Å². The first-order valence-corrected chi connectivity index (χ1v) is 7.72. The molecule has 0 aliphatic carbocycles. The molecule has 0 N–H and O–H groups in total. The minimum atomic E-state index is -2.92. The molecule has 0 amide bonds. The molecular formula is C10H21BrO2S. The maximum absolute atomic E-state index is 11.7. The number of hydrogen-bond acceptors (Lipinski definition) is 2. The zero-order chi connectivity index (χ0) is 11.6. The van der Waals surface area contributed by atoms with Crippen molar-refractivity contribution in [1.82, 2.24) is 0 Å². The Bertz CT molecular complexity index is 262. The van der Waals surface area contributed by atoms with Crippen molar-refractivity contribution in [2.75, 3.05) is 11.1 Å². The molecule has 0 saturated heterocycles. The van der Waals surface area contributed by atoms with E-state index >= 15 is 0 Å². The Balaban J connectivity index is 4.65. The van der Waals surface area contributed by atoms with Crippen LogP contribution < -0.4 is 0 Å². The molecule has 14 heavy (non-hydrogen) atoms. The highest BCUT2D eigenvalue weighted by Gasteiger charge is 2.30. The molecule has 0 spiro atoms. The molecule has 86 valence electrons. The summed E-state index contributed by atoms with van der Waals surface area (Å²) in [6, 6.07) is 0. The van der Waals surface area contributed by atoms with Crippen LogP contribution in [0, 0.1) is 11.3 Å². The Hall–Kier alpha value is 0.430. The first-order valence-electron chi connectivity index (χ1n) is 4.88. The predicted molar refractivity (Wildman–Crippen MR) is 65.7 cm³/mol. The summed E-state index contributed by atoms with van der Waals surface area (Å²) in [7, 11) is -2.92. The summed E-state index contributed by atoms with van der Waals surface area (Å²) in [6.45, 7) is 9.71. The number of hydrogen-bond donors (Lipinski definition) is 0. The maximum atomic E-state index is 11.7. The van der Waals surface area contributed by atoms with Crippen LogP contribution in [-0.2, 0) is 9.84 Å². The van der Waals surface area contributed by atoms with Crippen molar-refractivity contribution < 1.29 is 8.42 Å². The van der Waals surface area contributed by atoms with Gasteiger partial charge < -0.3 is 0 Å². The Kier molecular flexibility index (Phi) is 5.12.